The van der Waals surface area contributed by atoms with Crippen LogP contribution in [0.3, 0.4) is 0 Å². The van der Waals surface area contributed by atoms with Crippen LogP contribution in [0.4, 0.5) is 0 Å². The molecule has 1 aliphatic rings. The van der Waals surface area contributed by atoms with Gasteiger partial charge >= 0.3 is 0 Å². The van der Waals surface area contributed by atoms with Gasteiger partial charge in [-0.3, -0.25) is 14.2 Å². The van der Waals surface area contributed by atoms with Crippen LogP contribution in [0.1, 0.15) is 62.8 Å². The maximum absolute atomic E-state index is 13.2. The Labute approximate surface area is 175 Å². The molecule has 0 saturated carbocycles. The molecule has 1 amide bonds. The first kappa shape index (κ1) is 21.4. The van der Waals surface area contributed by atoms with E-state index in [1.54, 1.807) is 15.9 Å². The van der Waals surface area contributed by atoms with Gasteiger partial charge in [0, 0.05) is 24.5 Å². The van der Waals surface area contributed by atoms with E-state index in [0.29, 0.717) is 11.7 Å². The average Bonchev–Trinajstić information content (AvgIpc) is 2.85. The predicted octanol–water partition coefficient (Wildman–Crippen LogP) is 4.76. The number of hydrogen-bond donors (Lipinski definition) is 0. The van der Waals surface area contributed by atoms with E-state index in [9.17, 15) is 9.59 Å². The maximum atomic E-state index is 13.2. The molecule has 0 N–H and O–H groups in total. The fourth-order valence-electron chi connectivity index (χ4n) is 3.67. The summed E-state index contributed by atoms with van der Waals surface area (Å²) >= 11 is 3.01. The van der Waals surface area contributed by atoms with Gasteiger partial charge in [-0.2, -0.15) is 0 Å². The Kier molecular flexibility index (Phi) is 7.20. The van der Waals surface area contributed by atoms with Crippen LogP contribution in [0.25, 0.3) is 10.2 Å². The first-order valence-corrected chi connectivity index (χ1v) is 12.1. The minimum atomic E-state index is -0.238. The lowest BCUT2D eigenvalue weighted by Crippen LogP contribution is -2.37. The smallest absolute Gasteiger partial charge is 0.263 e. The second-order valence-electron chi connectivity index (χ2n) is 7.67. The molecule has 1 unspecified atom stereocenters. The number of aromatic nitrogens is 2. The number of hydrogen-bond acceptors (Lipinski definition) is 5. The first-order chi connectivity index (χ1) is 13.4. The number of amides is 1. The van der Waals surface area contributed by atoms with Crippen molar-refractivity contribution >= 4 is 39.2 Å². The van der Waals surface area contributed by atoms with E-state index in [2.05, 4.69) is 6.92 Å². The molecule has 1 atom stereocenters. The van der Waals surface area contributed by atoms with Gasteiger partial charge in [0.2, 0.25) is 5.91 Å². The zero-order valence-corrected chi connectivity index (χ0v) is 19.0. The first-order valence-electron chi connectivity index (χ1n) is 10.4. The van der Waals surface area contributed by atoms with Crippen molar-refractivity contribution in [1.82, 2.24) is 14.5 Å². The van der Waals surface area contributed by atoms with Crippen LogP contribution in [0.15, 0.2) is 9.95 Å². The normalized spacial score (nSPS) is 16.4. The summed E-state index contributed by atoms with van der Waals surface area (Å²) in [7, 11) is 0. The quantitative estimate of drug-likeness (QED) is 0.498. The molecule has 2 aromatic heterocycles. The number of rotatable bonds is 6. The Hall–Kier alpha value is -1.34. The maximum Gasteiger partial charge on any atom is 0.263 e. The van der Waals surface area contributed by atoms with Crippen molar-refractivity contribution in [2.24, 2.45) is 0 Å². The number of unbranched alkanes of at least 4 members (excludes halogenated alkanes) is 1. The van der Waals surface area contributed by atoms with Crippen molar-refractivity contribution in [3.8, 4) is 0 Å². The molecule has 154 valence electrons. The molecule has 0 aliphatic carbocycles. The molecule has 2 aromatic rings. The number of aryl methyl sites for hydroxylation is 2. The number of nitrogens with zero attached hydrogens (tertiary/aromatic N) is 3. The van der Waals surface area contributed by atoms with Gasteiger partial charge in [0.05, 0.1) is 10.6 Å². The third-order valence-corrected chi connectivity index (χ3v) is 7.72. The molecule has 1 fully saturated rings. The lowest BCUT2D eigenvalue weighted by Gasteiger charge is -2.24. The fraction of sp³-hybridized carbons (Fsp3) is 0.667. The van der Waals surface area contributed by atoms with Crippen LogP contribution in [0, 0.1) is 13.8 Å². The van der Waals surface area contributed by atoms with E-state index in [0.717, 1.165) is 59.4 Å². The molecule has 3 rings (SSSR count). The summed E-state index contributed by atoms with van der Waals surface area (Å²) in [5.74, 6) is 0.168. The monoisotopic (exact) mass is 421 g/mol. The van der Waals surface area contributed by atoms with E-state index in [4.69, 9.17) is 4.98 Å². The number of thiophene rings is 1. The van der Waals surface area contributed by atoms with Crippen molar-refractivity contribution in [2.75, 3.05) is 13.1 Å². The predicted molar refractivity (Wildman–Crippen MR) is 119 cm³/mol. The van der Waals surface area contributed by atoms with Gasteiger partial charge in [0.1, 0.15) is 4.83 Å². The van der Waals surface area contributed by atoms with Gasteiger partial charge in [-0.25, -0.2) is 4.98 Å². The standard InChI is InChI=1S/C21H31N3O2S2/c1-5-6-13-24-20(26)17-14(2)15(3)27-18(17)22-21(24)28-16(4)19(25)23-11-9-7-8-10-12-23/h16H,5-13H2,1-4H3. The average molecular weight is 422 g/mol. The van der Waals surface area contributed by atoms with Crippen molar-refractivity contribution in [2.45, 2.75) is 83.2 Å². The SMILES string of the molecule is CCCCn1c(SC(C)C(=O)N2CCCCCC2)nc2sc(C)c(C)c2c1=O. The Balaban J connectivity index is 1.92. The third-order valence-electron chi connectivity index (χ3n) is 5.54. The highest BCUT2D eigenvalue weighted by atomic mass is 32.2. The topological polar surface area (TPSA) is 55.2 Å². The summed E-state index contributed by atoms with van der Waals surface area (Å²) in [5.41, 5.74) is 1.07. The summed E-state index contributed by atoms with van der Waals surface area (Å²) in [6.45, 7) is 10.5. The highest BCUT2D eigenvalue weighted by Gasteiger charge is 2.25. The lowest BCUT2D eigenvalue weighted by atomic mass is 10.2. The molecule has 7 heteroatoms. The molecule has 0 aromatic carbocycles. The van der Waals surface area contributed by atoms with E-state index < -0.39 is 0 Å². The molecule has 5 nitrogen and oxygen atoms in total. The fourth-order valence-corrected chi connectivity index (χ4v) is 5.76. The van der Waals surface area contributed by atoms with E-state index >= 15 is 0 Å². The lowest BCUT2D eigenvalue weighted by molar-refractivity contribution is -0.130. The Bertz CT molecular complexity index is 895. The zero-order chi connectivity index (χ0) is 20.3. The molecular weight excluding hydrogens is 390 g/mol. The summed E-state index contributed by atoms with van der Waals surface area (Å²) in [6, 6.07) is 0. The van der Waals surface area contributed by atoms with Crippen LogP contribution >= 0.6 is 23.1 Å². The summed E-state index contributed by atoms with van der Waals surface area (Å²) in [5, 5.41) is 1.19. The summed E-state index contributed by atoms with van der Waals surface area (Å²) < 4.78 is 1.79. The highest BCUT2D eigenvalue weighted by molar-refractivity contribution is 8.00. The minimum absolute atomic E-state index is 0.0391. The van der Waals surface area contributed by atoms with Gasteiger partial charge < -0.3 is 4.90 Å². The van der Waals surface area contributed by atoms with E-state index in [1.807, 2.05) is 25.7 Å². The summed E-state index contributed by atoms with van der Waals surface area (Å²) in [4.78, 5) is 34.9. The number of carbonyl (C=O) groups is 1. The van der Waals surface area contributed by atoms with Gasteiger partial charge in [0.15, 0.2) is 5.16 Å². The molecule has 1 saturated heterocycles. The van der Waals surface area contributed by atoms with Crippen molar-refractivity contribution < 1.29 is 4.79 Å². The number of fused-ring (bicyclic) bond motifs is 1. The highest BCUT2D eigenvalue weighted by Crippen LogP contribution is 2.30. The van der Waals surface area contributed by atoms with Crippen LogP contribution < -0.4 is 5.56 Å². The number of likely N-dealkylation sites (tertiary alicyclic amines) is 1. The van der Waals surface area contributed by atoms with Crippen molar-refractivity contribution in [3.63, 3.8) is 0 Å². The molecular formula is C21H31N3O2S2. The minimum Gasteiger partial charge on any atom is -0.342 e. The molecule has 0 spiro atoms. The third kappa shape index (κ3) is 4.46. The molecule has 0 bridgehead atoms. The Morgan fingerprint density at radius 3 is 2.54 bits per heavy atom. The number of thioether (sulfide) groups is 1. The second-order valence-corrected chi connectivity index (χ2v) is 10.2. The van der Waals surface area contributed by atoms with E-state index in [1.165, 1.54) is 24.6 Å². The van der Waals surface area contributed by atoms with Crippen molar-refractivity contribution in [1.29, 1.82) is 0 Å². The molecule has 3 heterocycles. The molecule has 28 heavy (non-hydrogen) atoms. The zero-order valence-electron chi connectivity index (χ0n) is 17.4. The van der Waals surface area contributed by atoms with E-state index in [-0.39, 0.29) is 16.7 Å². The van der Waals surface area contributed by atoms with Crippen LogP contribution in [0.2, 0.25) is 0 Å². The largest absolute Gasteiger partial charge is 0.342 e. The van der Waals surface area contributed by atoms with Gasteiger partial charge in [-0.15, -0.1) is 11.3 Å². The summed E-state index contributed by atoms with van der Waals surface area (Å²) in [6.07, 6.45) is 6.52. The molecule has 1 aliphatic heterocycles. The Morgan fingerprint density at radius 2 is 1.89 bits per heavy atom. The van der Waals surface area contributed by atoms with Crippen molar-refractivity contribution in [3.05, 3.63) is 20.8 Å². The van der Waals surface area contributed by atoms with Crippen LogP contribution in [0.5, 0.6) is 0 Å². The van der Waals surface area contributed by atoms with Gasteiger partial charge in [-0.05, 0) is 45.6 Å². The second kappa shape index (κ2) is 9.44. The Morgan fingerprint density at radius 1 is 1.21 bits per heavy atom. The van der Waals surface area contributed by atoms with Crippen LogP contribution in [-0.2, 0) is 11.3 Å². The van der Waals surface area contributed by atoms with Gasteiger partial charge in [0.25, 0.3) is 5.56 Å². The van der Waals surface area contributed by atoms with Gasteiger partial charge in [-0.1, -0.05) is 37.9 Å². The molecule has 0 radical (unpaired) electrons. The van der Waals surface area contributed by atoms with Crippen LogP contribution in [-0.4, -0.2) is 38.7 Å². The number of carbonyl (C=O) groups excluding carboxylic acids is 1.